The van der Waals surface area contributed by atoms with Crippen molar-refractivity contribution in [3.8, 4) is 0 Å². The van der Waals surface area contributed by atoms with Crippen LogP contribution in [0.4, 0.5) is 11.4 Å². The molecule has 10 rings (SSSR count). The highest BCUT2D eigenvalue weighted by Gasteiger charge is 2.24. The first-order valence-electron chi connectivity index (χ1n) is 21.5. The quantitative estimate of drug-likeness (QED) is 0.0366. The van der Waals surface area contributed by atoms with Gasteiger partial charge in [0.2, 0.25) is 36.6 Å². The molecule has 0 aliphatic carbocycles. The van der Waals surface area contributed by atoms with Gasteiger partial charge in [-0.15, -0.1) is 11.6 Å². The van der Waals surface area contributed by atoms with Crippen LogP contribution in [0.25, 0.3) is 32.7 Å². The minimum Gasteiger partial charge on any atom is -0.481 e. The number of anilines is 2. The number of nitrogens with one attached hydrogen (secondary N) is 2. The van der Waals surface area contributed by atoms with Gasteiger partial charge in [-0.2, -0.15) is 15.3 Å². The number of aromatic nitrogens is 9. The average molecular weight is 1020 g/mol. The zero-order chi connectivity index (χ0) is 50.7. The summed E-state index contributed by atoms with van der Waals surface area (Å²) in [7, 11) is 0. The van der Waals surface area contributed by atoms with Crippen LogP contribution in [0.5, 0.6) is 0 Å². The molecule has 6 aromatic heterocycles. The van der Waals surface area contributed by atoms with E-state index in [1.54, 1.807) is 66.4 Å². The molecular weight excluding hydrogens is 969 g/mol. The van der Waals surface area contributed by atoms with E-state index in [0.717, 1.165) is 121 Å². The number of rotatable bonds is 5. The van der Waals surface area contributed by atoms with Crippen molar-refractivity contribution in [2.24, 2.45) is 0 Å². The van der Waals surface area contributed by atoms with Gasteiger partial charge in [-0.3, -0.25) is 50.5 Å². The largest absolute Gasteiger partial charge is 0.481 e. The molecule has 370 valence electrons. The Hall–Kier alpha value is -7.30. The maximum Gasteiger partial charge on any atom is 0.300 e. The Balaban J connectivity index is 0.000000181. The third kappa shape index (κ3) is 15.4. The number of H-pyrrole nitrogens is 2. The molecule has 8 heterocycles. The van der Waals surface area contributed by atoms with Crippen LogP contribution in [0.1, 0.15) is 18.1 Å². The summed E-state index contributed by atoms with van der Waals surface area (Å²) in [5, 5.41) is 59.9. The number of carboxylic acid groups (broad SMARTS) is 1. The van der Waals surface area contributed by atoms with Gasteiger partial charge in [0.05, 0.1) is 30.3 Å². The number of carbonyl (C=O) groups excluding carboxylic acids is 2. The molecule has 0 radical (unpaired) electrons. The Bertz CT molecular complexity index is 2920. The molecule has 0 spiro atoms. The maximum absolute atomic E-state index is 12.7. The molecule has 2 aliphatic heterocycles. The first-order chi connectivity index (χ1) is 33.7. The van der Waals surface area contributed by atoms with Crippen molar-refractivity contribution in [2.45, 2.75) is 27.3 Å². The van der Waals surface area contributed by atoms with E-state index in [9.17, 15) is 14.8 Å². The lowest BCUT2D eigenvalue weighted by atomic mass is 10.2. The Morgan fingerprint density at radius 2 is 1.14 bits per heavy atom. The van der Waals surface area contributed by atoms with Crippen molar-refractivity contribution in [1.29, 1.82) is 0 Å². The van der Waals surface area contributed by atoms with Gasteiger partial charge in [-0.25, -0.2) is 4.68 Å². The third-order valence-corrected chi connectivity index (χ3v) is 11.9. The minimum absolute atomic E-state index is 0.0172. The normalized spacial score (nSPS) is 13.0. The van der Waals surface area contributed by atoms with Crippen molar-refractivity contribution >= 4 is 96.7 Å². The van der Waals surface area contributed by atoms with Crippen molar-refractivity contribution in [3.05, 3.63) is 132 Å². The van der Waals surface area contributed by atoms with Crippen LogP contribution in [0.3, 0.4) is 0 Å². The van der Waals surface area contributed by atoms with Gasteiger partial charge in [0.25, 0.3) is 5.97 Å². The zero-order valence-corrected chi connectivity index (χ0v) is 40.7. The third-order valence-electron chi connectivity index (χ3n) is 10.9. The molecule has 0 unspecified atom stereocenters. The lowest BCUT2D eigenvalue weighted by Gasteiger charge is -2.36. The molecule has 70 heavy (non-hydrogen) atoms. The summed E-state index contributed by atoms with van der Waals surface area (Å²) in [6, 6.07) is 17.5. The molecule has 24 heteroatoms. The number of hydrogen-bond donors (Lipinski definition) is 7. The first kappa shape index (κ1) is 53.7. The van der Waals surface area contributed by atoms with E-state index in [-0.39, 0.29) is 24.2 Å². The highest BCUT2D eigenvalue weighted by Crippen LogP contribution is 2.25. The smallest absolute Gasteiger partial charge is 0.300 e. The summed E-state index contributed by atoms with van der Waals surface area (Å²) in [6.07, 6.45) is 14.9. The molecule has 0 saturated carbocycles. The fourth-order valence-electron chi connectivity index (χ4n) is 7.18. The summed E-state index contributed by atoms with van der Waals surface area (Å²) in [4.78, 5) is 45.3. The molecule has 0 bridgehead atoms. The monoisotopic (exact) mass is 1020 g/mol. The number of alkyl halides is 1. The number of halogens is 3. The predicted molar refractivity (Wildman–Crippen MR) is 264 cm³/mol. The fraction of sp³-hybridized carbons (Fsp3) is 0.283. The second-order valence-electron chi connectivity index (χ2n) is 15.6. The molecule has 7 N–H and O–H groups in total. The second-order valence-corrected chi connectivity index (χ2v) is 16.7. The fourth-order valence-corrected chi connectivity index (χ4v) is 7.58. The lowest BCUT2D eigenvalue weighted by molar-refractivity contribution is -0.904. The maximum atomic E-state index is 12.7. The highest BCUT2D eigenvalue weighted by atomic mass is 35.5. The number of carbonyl (C=O) groups is 3. The van der Waals surface area contributed by atoms with Crippen molar-refractivity contribution < 1.29 is 49.9 Å². The lowest BCUT2D eigenvalue weighted by Crippen LogP contribution is -2.49. The highest BCUT2D eigenvalue weighted by molar-refractivity contribution is 6.31. The van der Waals surface area contributed by atoms with Crippen molar-refractivity contribution in [3.63, 3.8) is 0 Å². The predicted octanol–water partition coefficient (Wildman–Crippen LogP) is 5.56. The topological polar surface area (TPSA) is 261 Å². The van der Waals surface area contributed by atoms with Crippen LogP contribution in [0.2, 0.25) is 10.0 Å². The molecule has 2 aliphatic rings. The Morgan fingerprint density at radius 1 is 0.657 bits per heavy atom. The number of pyridine rings is 3. The molecule has 2 saturated heterocycles. The van der Waals surface area contributed by atoms with Crippen molar-refractivity contribution in [2.75, 3.05) is 68.0 Å². The number of aromatic amines is 2. The minimum atomic E-state index is -0.833. The van der Waals surface area contributed by atoms with E-state index in [2.05, 4.69) is 52.4 Å². The van der Waals surface area contributed by atoms with Gasteiger partial charge in [0, 0.05) is 125 Å². The van der Waals surface area contributed by atoms with Crippen LogP contribution >= 0.6 is 34.8 Å². The summed E-state index contributed by atoms with van der Waals surface area (Å²) >= 11 is 17.7. The second kappa shape index (κ2) is 26.5. The SMILES string of the molecule is CC(=O)O.Cc1cc(N2CCN(C(=O)CCl)CC2)ccc1Cl.Cc1cc(N2CCN(C(=O)Cn3ncc4cc[n+](O)cc43)CC2)ccc1Cl.OO.O[n+]1ccc2cn[nH]c2c1.c1cc2cn[nH]c2cn1. The van der Waals surface area contributed by atoms with E-state index in [0.29, 0.717) is 13.1 Å². The molecule has 21 nitrogen and oxygen atoms in total. The van der Waals surface area contributed by atoms with Crippen molar-refractivity contribution in [1.82, 2.24) is 45.0 Å². The standard InChI is InChI=1S/C19H21ClN5O2.C13H16Cl2N2O.C6H5N3O.C6H5N3.C2H4O2.H2O2/c1-14-10-16(2-3-17(14)20)22-6-8-23(9-7-22)19(26)13-25-18-12-24(27)5-4-15(18)11-21-25;1-10-8-11(2-3-12(10)15)16-4-6-17(7-5-16)13(18)9-14;10-9-2-1-5-3-7-8-6(5)4-9;1-2-7-4-6-5(1)3-8-9-6;1-2(3)4;1-2/h2-5,10-12,27H,6-9,13H2,1H3;2-3,8H,4-7,9H2,1H3;1-4,10H;1-4H,(H,8,9);1H3,(H,3,4);1-2H/q+1;;;;;/p+1. The average Bonchev–Trinajstić information content (AvgIpc) is 4.15. The zero-order valence-electron chi connectivity index (χ0n) is 38.5. The Morgan fingerprint density at radius 3 is 1.66 bits per heavy atom. The number of carboxylic acids is 1. The summed E-state index contributed by atoms with van der Waals surface area (Å²) < 4.78 is 3.58. The van der Waals surface area contributed by atoms with Gasteiger partial charge < -0.3 is 24.7 Å². The Labute approximate surface area is 416 Å². The summed E-state index contributed by atoms with van der Waals surface area (Å²) in [5.41, 5.74) is 6.96. The first-order valence-corrected chi connectivity index (χ1v) is 22.8. The Kier molecular flexibility index (Phi) is 20.3. The van der Waals surface area contributed by atoms with Crippen LogP contribution in [-0.2, 0) is 20.9 Å². The number of aliphatic carboxylic acids is 1. The van der Waals surface area contributed by atoms with Crippen LogP contribution < -0.4 is 19.3 Å². The van der Waals surface area contributed by atoms with Gasteiger partial charge in [0.1, 0.15) is 23.5 Å². The molecule has 2 aromatic carbocycles. The number of hydrogen-bond acceptors (Lipinski definition) is 13. The molecule has 8 aromatic rings. The van der Waals surface area contributed by atoms with Gasteiger partial charge in [-0.1, -0.05) is 23.2 Å². The molecule has 2 amide bonds. The van der Waals surface area contributed by atoms with Gasteiger partial charge in [-0.05, 0) is 67.4 Å². The van der Waals surface area contributed by atoms with Gasteiger partial charge in [0.15, 0.2) is 0 Å². The van der Waals surface area contributed by atoms with E-state index in [4.69, 9.17) is 60.4 Å². The van der Waals surface area contributed by atoms with E-state index in [1.165, 1.54) is 6.20 Å². The molecule has 0 atom stereocenters. The summed E-state index contributed by atoms with van der Waals surface area (Å²) in [6.45, 7) is 11.3. The number of aryl methyl sites for hydroxylation is 2. The van der Waals surface area contributed by atoms with Crippen LogP contribution in [0.15, 0.2) is 110 Å². The van der Waals surface area contributed by atoms with E-state index >= 15 is 0 Å². The molecular formula is C46H54Cl3N13O8+2. The van der Waals surface area contributed by atoms with Crippen LogP contribution in [-0.4, -0.2) is 147 Å². The van der Waals surface area contributed by atoms with E-state index in [1.807, 2.05) is 54.0 Å². The molecule has 2 fully saturated rings. The number of benzene rings is 2. The number of nitrogens with zero attached hydrogens (tertiary/aromatic N) is 11. The number of fused-ring (bicyclic) bond motifs is 3. The van der Waals surface area contributed by atoms with Crippen LogP contribution in [0, 0.1) is 13.8 Å². The number of piperazine rings is 2. The summed E-state index contributed by atoms with van der Waals surface area (Å²) in [5.74, 6) is -0.719. The van der Waals surface area contributed by atoms with Gasteiger partial charge >= 0.3 is 0 Å². The van der Waals surface area contributed by atoms with E-state index < -0.39 is 5.97 Å². The number of amides is 2.